The van der Waals surface area contributed by atoms with Crippen LogP contribution < -0.4 is 0 Å². The summed E-state index contributed by atoms with van der Waals surface area (Å²) in [7, 11) is 0. The van der Waals surface area contributed by atoms with Crippen LogP contribution in [0.15, 0.2) is 24.3 Å². The van der Waals surface area contributed by atoms with Gasteiger partial charge in [0.2, 0.25) is 6.54 Å². The zero-order valence-corrected chi connectivity index (χ0v) is 8.59. The van der Waals surface area contributed by atoms with Crippen LogP contribution in [0.1, 0.15) is 23.5 Å². The number of ether oxygens (including phenoxy) is 1. The van der Waals surface area contributed by atoms with Gasteiger partial charge >= 0.3 is 5.97 Å². The van der Waals surface area contributed by atoms with Gasteiger partial charge in [0, 0.05) is 11.3 Å². The SMILES string of the molecule is O=C1OCc2ccccc2C1CC[N+](=O)[O-]. The third kappa shape index (κ3) is 2.03. The summed E-state index contributed by atoms with van der Waals surface area (Å²) in [5.41, 5.74) is 1.80. The number of cyclic esters (lactones) is 1. The van der Waals surface area contributed by atoms with E-state index in [4.69, 9.17) is 4.74 Å². The molecule has 0 spiro atoms. The van der Waals surface area contributed by atoms with Gasteiger partial charge in [-0.15, -0.1) is 0 Å². The van der Waals surface area contributed by atoms with Crippen molar-refractivity contribution in [2.45, 2.75) is 18.9 Å². The van der Waals surface area contributed by atoms with Crippen LogP contribution in [0.25, 0.3) is 0 Å². The van der Waals surface area contributed by atoms with Crippen molar-refractivity contribution in [1.82, 2.24) is 0 Å². The molecule has 0 radical (unpaired) electrons. The fraction of sp³-hybridized carbons (Fsp3) is 0.364. The van der Waals surface area contributed by atoms with E-state index in [1.807, 2.05) is 24.3 Å². The van der Waals surface area contributed by atoms with E-state index in [0.29, 0.717) is 0 Å². The monoisotopic (exact) mass is 221 g/mol. The quantitative estimate of drug-likeness (QED) is 0.440. The predicted molar refractivity (Wildman–Crippen MR) is 55.5 cm³/mol. The van der Waals surface area contributed by atoms with Crippen molar-refractivity contribution >= 4 is 5.97 Å². The van der Waals surface area contributed by atoms with E-state index in [0.717, 1.165) is 11.1 Å². The van der Waals surface area contributed by atoms with Crippen LogP contribution in [0.3, 0.4) is 0 Å². The number of nitrogens with zero attached hydrogens (tertiary/aromatic N) is 1. The number of fused-ring (bicyclic) bond motifs is 1. The first-order valence-corrected chi connectivity index (χ1v) is 5.04. The second-order valence-electron chi connectivity index (χ2n) is 3.70. The number of hydrogen-bond donors (Lipinski definition) is 0. The summed E-state index contributed by atoms with van der Waals surface area (Å²) in [6, 6.07) is 7.40. The molecule has 1 aliphatic heterocycles. The van der Waals surface area contributed by atoms with Crippen molar-refractivity contribution in [2.75, 3.05) is 6.54 Å². The Morgan fingerprint density at radius 3 is 2.94 bits per heavy atom. The van der Waals surface area contributed by atoms with Crippen molar-refractivity contribution in [1.29, 1.82) is 0 Å². The number of rotatable bonds is 3. The van der Waals surface area contributed by atoms with Crippen molar-refractivity contribution < 1.29 is 14.5 Å². The maximum atomic E-state index is 11.5. The minimum atomic E-state index is -0.490. The molecule has 0 aliphatic carbocycles. The minimum Gasteiger partial charge on any atom is -0.460 e. The molecule has 0 amide bonds. The highest BCUT2D eigenvalue weighted by Gasteiger charge is 2.30. The van der Waals surface area contributed by atoms with E-state index >= 15 is 0 Å². The number of hydrogen-bond acceptors (Lipinski definition) is 4. The molecule has 0 fully saturated rings. The largest absolute Gasteiger partial charge is 0.460 e. The molecule has 0 saturated heterocycles. The molecular formula is C11H11NO4. The zero-order valence-electron chi connectivity index (χ0n) is 8.59. The highest BCUT2D eigenvalue weighted by molar-refractivity contribution is 5.80. The van der Waals surface area contributed by atoms with Gasteiger partial charge in [-0.05, 0) is 11.1 Å². The van der Waals surface area contributed by atoms with Gasteiger partial charge in [-0.2, -0.15) is 0 Å². The van der Waals surface area contributed by atoms with E-state index < -0.39 is 10.8 Å². The van der Waals surface area contributed by atoms with Crippen LogP contribution in [0.5, 0.6) is 0 Å². The second-order valence-corrected chi connectivity index (χ2v) is 3.70. The van der Waals surface area contributed by atoms with E-state index in [1.54, 1.807) is 0 Å². The third-order valence-electron chi connectivity index (χ3n) is 2.69. The van der Waals surface area contributed by atoms with Crippen LogP contribution in [-0.4, -0.2) is 17.4 Å². The third-order valence-corrected chi connectivity index (χ3v) is 2.69. The van der Waals surface area contributed by atoms with Gasteiger partial charge in [0.05, 0.1) is 5.92 Å². The van der Waals surface area contributed by atoms with E-state index in [9.17, 15) is 14.9 Å². The van der Waals surface area contributed by atoms with E-state index in [-0.39, 0.29) is 25.5 Å². The molecule has 5 nitrogen and oxygen atoms in total. The van der Waals surface area contributed by atoms with Gasteiger partial charge in [-0.1, -0.05) is 24.3 Å². The van der Waals surface area contributed by atoms with Crippen molar-refractivity contribution in [3.05, 3.63) is 45.5 Å². The molecule has 5 heteroatoms. The first-order valence-electron chi connectivity index (χ1n) is 5.04. The van der Waals surface area contributed by atoms with Gasteiger partial charge in [0.15, 0.2) is 0 Å². The highest BCUT2D eigenvalue weighted by Crippen LogP contribution is 2.29. The molecule has 16 heavy (non-hydrogen) atoms. The van der Waals surface area contributed by atoms with Gasteiger partial charge in [0.25, 0.3) is 0 Å². The Bertz CT molecular complexity index is 430. The van der Waals surface area contributed by atoms with Gasteiger partial charge in [-0.25, -0.2) is 0 Å². The fourth-order valence-corrected chi connectivity index (χ4v) is 1.89. The summed E-state index contributed by atoms with van der Waals surface area (Å²) in [6.45, 7) is 0.0536. The van der Waals surface area contributed by atoms with E-state index in [1.165, 1.54) is 0 Å². The molecule has 0 bridgehead atoms. The lowest BCUT2D eigenvalue weighted by Gasteiger charge is -2.23. The average Bonchev–Trinajstić information content (AvgIpc) is 2.27. The van der Waals surface area contributed by atoms with Gasteiger partial charge in [-0.3, -0.25) is 14.9 Å². The number of carbonyl (C=O) groups is 1. The lowest BCUT2D eigenvalue weighted by atomic mass is 9.90. The number of benzene rings is 1. The molecule has 0 N–H and O–H groups in total. The van der Waals surface area contributed by atoms with Gasteiger partial charge < -0.3 is 4.74 Å². The molecule has 1 heterocycles. The van der Waals surface area contributed by atoms with Crippen LogP contribution in [-0.2, 0) is 16.1 Å². The Morgan fingerprint density at radius 2 is 2.19 bits per heavy atom. The van der Waals surface area contributed by atoms with Gasteiger partial charge in [0.1, 0.15) is 6.61 Å². The van der Waals surface area contributed by atoms with Crippen LogP contribution in [0, 0.1) is 10.1 Å². The fourth-order valence-electron chi connectivity index (χ4n) is 1.89. The Balaban J connectivity index is 2.23. The maximum absolute atomic E-state index is 11.5. The summed E-state index contributed by atoms with van der Waals surface area (Å²) in [5, 5.41) is 10.3. The van der Waals surface area contributed by atoms with Crippen LogP contribution in [0.4, 0.5) is 0 Å². The predicted octanol–water partition coefficient (Wildman–Crippen LogP) is 1.49. The molecule has 0 aromatic heterocycles. The number of esters is 1. The van der Waals surface area contributed by atoms with Crippen molar-refractivity contribution in [2.24, 2.45) is 0 Å². The highest BCUT2D eigenvalue weighted by atomic mass is 16.6. The second kappa shape index (κ2) is 4.30. The Labute approximate surface area is 92.2 Å². The van der Waals surface area contributed by atoms with Crippen LogP contribution >= 0.6 is 0 Å². The first-order chi connectivity index (χ1) is 7.68. The summed E-state index contributed by atoms with van der Waals surface area (Å²) in [5.74, 6) is -0.851. The first kappa shape index (κ1) is 10.6. The smallest absolute Gasteiger partial charge is 0.314 e. The molecule has 1 unspecified atom stereocenters. The Morgan fingerprint density at radius 1 is 1.44 bits per heavy atom. The number of carbonyl (C=O) groups excluding carboxylic acids is 1. The number of nitro groups is 1. The lowest BCUT2D eigenvalue weighted by molar-refractivity contribution is -0.480. The molecule has 1 atom stereocenters. The Kier molecular flexibility index (Phi) is 2.85. The molecule has 84 valence electrons. The normalized spacial score (nSPS) is 18.8. The van der Waals surface area contributed by atoms with E-state index in [2.05, 4.69) is 0 Å². The summed E-state index contributed by atoms with van der Waals surface area (Å²) >= 11 is 0. The molecular weight excluding hydrogens is 210 g/mol. The maximum Gasteiger partial charge on any atom is 0.314 e. The Hall–Kier alpha value is -1.91. The molecule has 1 aromatic carbocycles. The topological polar surface area (TPSA) is 69.4 Å². The standard InChI is InChI=1S/C11H11NO4/c13-11-10(5-6-12(14)15)9-4-2-1-3-8(9)7-16-11/h1-4,10H,5-7H2. The van der Waals surface area contributed by atoms with Crippen LogP contribution in [0.2, 0.25) is 0 Å². The average molecular weight is 221 g/mol. The van der Waals surface area contributed by atoms with Crippen molar-refractivity contribution in [3.63, 3.8) is 0 Å². The molecule has 1 aliphatic rings. The molecule has 0 saturated carbocycles. The van der Waals surface area contributed by atoms with Crippen molar-refractivity contribution in [3.8, 4) is 0 Å². The lowest BCUT2D eigenvalue weighted by Crippen LogP contribution is -2.24. The summed E-state index contributed by atoms with van der Waals surface area (Å²) < 4.78 is 4.99. The zero-order chi connectivity index (χ0) is 11.5. The summed E-state index contributed by atoms with van der Waals surface area (Å²) in [4.78, 5) is 21.4. The molecule has 1 aromatic rings. The summed E-state index contributed by atoms with van der Waals surface area (Å²) in [6.07, 6.45) is 0.197. The minimum absolute atomic E-state index is 0.197. The molecule has 2 rings (SSSR count).